The van der Waals surface area contributed by atoms with Gasteiger partial charge >= 0.3 is 6.09 Å². The van der Waals surface area contributed by atoms with Crippen LogP contribution < -0.4 is 9.64 Å². The van der Waals surface area contributed by atoms with Crippen LogP contribution in [0.4, 0.5) is 20.6 Å². The minimum Gasteiger partial charge on any atom is -0.407 e. The van der Waals surface area contributed by atoms with Gasteiger partial charge in [0.15, 0.2) is 11.6 Å². The second-order valence-electron chi connectivity index (χ2n) is 5.44. The van der Waals surface area contributed by atoms with Gasteiger partial charge in [-0.2, -0.15) is 0 Å². The first-order valence-electron chi connectivity index (χ1n) is 7.67. The van der Waals surface area contributed by atoms with Crippen molar-refractivity contribution in [2.75, 3.05) is 4.90 Å². The van der Waals surface area contributed by atoms with Crippen molar-refractivity contribution < 1.29 is 13.9 Å². The second kappa shape index (κ2) is 7.40. The number of carbonyl (C=O) groups is 1. The number of ether oxygens (including phenoxy) is 1. The number of para-hydroxylation sites is 2. The molecule has 1 amide bonds. The quantitative estimate of drug-likeness (QED) is 0.607. The van der Waals surface area contributed by atoms with E-state index in [9.17, 15) is 9.18 Å². The maximum atomic E-state index is 14.1. The highest BCUT2D eigenvalue weighted by Crippen LogP contribution is 2.29. The van der Waals surface area contributed by atoms with E-state index in [1.807, 2.05) is 36.4 Å². The Morgan fingerprint density at radius 3 is 2.00 bits per heavy atom. The molecule has 0 N–H and O–H groups in total. The molecule has 0 atom stereocenters. The van der Waals surface area contributed by atoms with E-state index in [0.717, 1.165) is 0 Å². The molecule has 0 aliphatic carbocycles. The van der Waals surface area contributed by atoms with Crippen LogP contribution in [0.15, 0.2) is 77.7 Å². The van der Waals surface area contributed by atoms with Crippen LogP contribution in [-0.2, 0) is 0 Å². The molecule has 0 bridgehead atoms. The van der Waals surface area contributed by atoms with Gasteiger partial charge in [0.25, 0.3) is 0 Å². The molecule has 3 nitrogen and oxygen atoms in total. The largest absolute Gasteiger partial charge is 0.424 e. The van der Waals surface area contributed by atoms with E-state index in [0.29, 0.717) is 21.8 Å². The van der Waals surface area contributed by atoms with E-state index < -0.39 is 11.9 Å². The van der Waals surface area contributed by atoms with Crippen LogP contribution in [0.25, 0.3) is 0 Å². The van der Waals surface area contributed by atoms with Gasteiger partial charge in [0.2, 0.25) is 0 Å². The lowest BCUT2D eigenvalue weighted by Gasteiger charge is -2.22. The number of thiol groups is 1. The number of amides is 1. The Balaban J connectivity index is 1.97. The molecule has 0 aliphatic rings. The zero-order valence-electron chi connectivity index (χ0n) is 13.5. The summed E-state index contributed by atoms with van der Waals surface area (Å²) in [5, 5.41) is 0. The van der Waals surface area contributed by atoms with Crippen molar-refractivity contribution in [3.8, 4) is 5.75 Å². The molecule has 0 heterocycles. The number of hydrogen-bond donors (Lipinski definition) is 1. The van der Waals surface area contributed by atoms with E-state index in [1.54, 1.807) is 31.2 Å². The minimum atomic E-state index is -0.701. The van der Waals surface area contributed by atoms with Gasteiger partial charge in [0.1, 0.15) is 0 Å². The number of rotatable bonds is 3. The molecule has 0 unspecified atom stereocenters. The number of nitrogens with zero attached hydrogens (tertiary/aromatic N) is 1. The number of aryl methyl sites for hydroxylation is 1. The summed E-state index contributed by atoms with van der Waals surface area (Å²) in [5.74, 6) is -0.762. The lowest BCUT2D eigenvalue weighted by molar-refractivity contribution is 0.208. The standard InChI is InChI=1S/C20H16FNO2S/c1-14-12-17(21)18(13-19(14)25)24-20(23)22(15-8-4-2-5-9-15)16-10-6-3-7-11-16/h2-13,25H,1H3. The Bertz CT molecular complexity index is 845. The smallest absolute Gasteiger partial charge is 0.407 e. The molecule has 3 aromatic carbocycles. The number of benzene rings is 3. The SMILES string of the molecule is Cc1cc(F)c(OC(=O)N(c2ccccc2)c2ccccc2)cc1S. The van der Waals surface area contributed by atoms with Gasteiger partial charge in [0.05, 0.1) is 11.4 Å². The highest BCUT2D eigenvalue weighted by molar-refractivity contribution is 7.80. The number of carbonyl (C=O) groups excluding carboxylic acids is 1. The van der Waals surface area contributed by atoms with Crippen LogP contribution in [0.5, 0.6) is 5.75 Å². The number of hydrogen-bond acceptors (Lipinski definition) is 3. The van der Waals surface area contributed by atoms with Crippen LogP contribution in [0, 0.1) is 12.7 Å². The van der Waals surface area contributed by atoms with Crippen LogP contribution in [0.2, 0.25) is 0 Å². The fourth-order valence-corrected chi connectivity index (χ4v) is 2.56. The molecule has 0 saturated carbocycles. The predicted molar refractivity (Wildman–Crippen MR) is 99.4 cm³/mol. The van der Waals surface area contributed by atoms with Crippen molar-refractivity contribution in [1.82, 2.24) is 0 Å². The first-order valence-corrected chi connectivity index (χ1v) is 8.12. The number of halogens is 1. The molecule has 25 heavy (non-hydrogen) atoms. The molecule has 0 fully saturated rings. The number of anilines is 2. The lowest BCUT2D eigenvalue weighted by atomic mass is 10.2. The van der Waals surface area contributed by atoms with Crippen molar-refractivity contribution in [2.24, 2.45) is 0 Å². The predicted octanol–water partition coefficient (Wildman–Crippen LogP) is 5.76. The summed E-state index contributed by atoms with van der Waals surface area (Å²) < 4.78 is 19.4. The topological polar surface area (TPSA) is 29.5 Å². The third-order valence-corrected chi connectivity index (χ3v) is 4.14. The van der Waals surface area contributed by atoms with Gasteiger partial charge in [-0.25, -0.2) is 14.1 Å². The van der Waals surface area contributed by atoms with Gasteiger partial charge in [0, 0.05) is 4.90 Å². The summed E-state index contributed by atoms with van der Waals surface area (Å²) >= 11 is 4.26. The average Bonchev–Trinajstić information content (AvgIpc) is 2.62. The molecule has 5 heteroatoms. The Labute approximate surface area is 151 Å². The van der Waals surface area contributed by atoms with Crippen LogP contribution in [-0.4, -0.2) is 6.09 Å². The molecule has 0 radical (unpaired) electrons. The minimum absolute atomic E-state index is 0.155. The summed E-state index contributed by atoms with van der Waals surface area (Å²) in [6.07, 6.45) is -0.701. The lowest BCUT2D eigenvalue weighted by Crippen LogP contribution is -2.29. The summed E-state index contributed by atoms with van der Waals surface area (Å²) in [4.78, 5) is 14.7. The van der Waals surface area contributed by atoms with E-state index in [2.05, 4.69) is 12.6 Å². The summed E-state index contributed by atoms with van der Waals surface area (Å²) in [7, 11) is 0. The Hall–Kier alpha value is -2.79. The van der Waals surface area contributed by atoms with Crippen molar-refractivity contribution >= 4 is 30.1 Å². The molecule has 3 aromatic rings. The molecular formula is C20H16FNO2S. The Morgan fingerprint density at radius 2 is 1.48 bits per heavy atom. The van der Waals surface area contributed by atoms with Crippen molar-refractivity contribution in [3.63, 3.8) is 0 Å². The first-order chi connectivity index (χ1) is 12.1. The highest BCUT2D eigenvalue weighted by atomic mass is 32.1. The third-order valence-electron chi connectivity index (χ3n) is 3.66. The molecule has 126 valence electrons. The molecular weight excluding hydrogens is 337 g/mol. The Kier molecular flexibility index (Phi) is 5.05. The van der Waals surface area contributed by atoms with Gasteiger partial charge < -0.3 is 4.74 Å². The molecule has 3 rings (SSSR count). The summed E-state index contributed by atoms with van der Waals surface area (Å²) in [5.41, 5.74) is 1.92. The highest BCUT2D eigenvalue weighted by Gasteiger charge is 2.21. The summed E-state index contributed by atoms with van der Waals surface area (Å²) in [6, 6.07) is 20.8. The van der Waals surface area contributed by atoms with Crippen molar-refractivity contribution in [3.05, 3.63) is 84.2 Å². The average molecular weight is 353 g/mol. The normalized spacial score (nSPS) is 10.4. The van der Waals surface area contributed by atoms with Gasteiger partial charge in [-0.05, 0) is 48.9 Å². The summed E-state index contributed by atoms with van der Waals surface area (Å²) in [6.45, 7) is 1.73. The maximum Gasteiger partial charge on any atom is 0.424 e. The van der Waals surface area contributed by atoms with Crippen molar-refractivity contribution in [1.29, 1.82) is 0 Å². The van der Waals surface area contributed by atoms with E-state index >= 15 is 0 Å². The van der Waals surface area contributed by atoms with E-state index in [4.69, 9.17) is 4.74 Å². The molecule has 0 aromatic heterocycles. The van der Waals surface area contributed by atoms with Gasteiger partial charge in [-0.1, -0.05) is 36.4 Å². The Morgan fingerprint density at radius 1 is 0.960 bits per heavy atom. The van der Waals surface area contributed by atoms with E-state index in [-0.39, 0.29) is 5.75 Å². The van der Waals surface area contributed by atoms with Crippen molar-refractivity contribution in [2.45, 2.75) is 11.8 Å². The molecule has 0 spiro atoms. The zero-order valence-corrected chi connectivity index (χ0v) is 14.4. The zero-order chi connectivity index (χ0) is 17.8. The van der Waals surface area contributed by atoms with Crippen LogP contribution in [0.1, 0.15) is 5.56 Å². The van der Waals surface area contributed by atoms with Gasteiger partial charge in [-0.3, -0.25) is 0 Å². The fraction of sp³-hybridized carbons (Fsp3) is 0.0500. The maximum absolute atomic E-state index is 14.1. The van der Waals surface area contributed by atoms with Gasteiger partial charge in [-0.15, -0.1) is 12.6 Å². The monoisotopic (exact) mass is 353 g/mol. The molecule has 0 saturated heterocycles. The molecule has 0 aliphatic heterocycles. The third kappa shape index (κ3) is 3.83. The second-order valence-corrected chi connectivity index (χ2v) is 5.93. The van der Waals surface area contributed by atoms with E-state index in [1.165, 1.54) is 17.0 Å². The van der Waals surface area contributed by atoms with Crippen LogP contribution >= 0.6 is 12.6 Å². The first kappa shape index (κ1) is 17.0. The van der Waals surface area contributed by atoms with Crippen LogP contribution in [0.3, 0.4) is 0 Å². The fourth-order valence-electron chi connectivity index (χ4n) is 2.37.